The molecule has 1 saturated heterocycles. The van der Waals surface area contributed by atoms with Crippen LogP contribution in [-0.2, 0) is 0 Å². The van der Waals surface area contributed by atoms with Crippen molar-refractivity contribution in [2.75, 3.05) is 20.1 Å². The molecule has 0 radical (unpaired) electrons. The number of carbonyl (C=O) groups is 2. The van der Waals surface area contributed by atoms with Gasteiger partial charge in [-0.05, 0) is 49.8 Å². The Kier molecular flexibility index (Phi) is 5.08. The number of aryl methyl sites for hydroxylation is 1. The van der Waals surface area contributed by atoms with E-state index in [2.05, 4.69) is 10.3 Å². The van der Waals surface area contributed by atoms with Crippen LogP contribution >= 0.6 is 0 Å². The Balaban J connectivity index is 1.42. The summed E-state index contributed by atoms with van der Waals surface area (Å²) in [6.45, 7) is 5.30. The summed E-state index contributed by atoms with van der Waals surface area (Å²) < 4.78 is 11.9. The highest BCUT2D eigenvalue weighted by atomic mass is 16.5. The number of fused-ring (bicyclic) bond motifs is 2. The van der Waals surface area contributed by atoms with E-state index in [9.17, 15) is 9.59 Å². The van der Waals surface area contributed by atoms with Gasteiger partial charge in [-0.3, -0.25) is 9.59 Å². The molecule has 1 aliphatic heterocycles. The van der Waals surface area contributed by atoms with E-state index >= 15 is 0 Å². The van der Waals surface area contributed by atoms with Crippen LogP contribution in [0.3, 0.4) is 0 Å². The molecule has 8 heteroatoms. The van der Waals surface area contributed by atoms with Crippen molar-refractivity contribution in [3.8, 4) is 5.75 Å². The zero-order valence-corrected chi connectivity index (χ0v) is 18.8. The number of carbonyl (C=O) groups excluding carboxylic acids is 2. The number of H-pyrrole nitrogens is 1. The average molecular weight is 447 g/mol. The Labute approximate surface area is 191 Å². The number of allylic oxidation sites excluding steroid dienone is 1. The van der Waals surface area contributed by atoms with Crippen LogP contribution in [0.25, 0.3) is 16.7 Å². The molecule has 2 aliphatic rings. The van der Waals surface area contributed by atoms with Crippen molar-refractivity contribution in [2.24, 2.45) is 11.8 Å². The third kappa shape index (κ3) is 3.61. The molecule has 3 N–H and O–H groups in total. The van der Waals surface area contributed by atoms with E-state index in [1.807, 2.05) is 11.8 Å². The molecule has 33 heavy (non-hydrogen) atoms. The van der Waals surface area contributed by atoms with E-state index in [4.69, 9.17) is 14.6 Å². The number of amides is 2. The molecule has 2 atom stereocenters. The molecule has 2 fully saturated rings. The summed E-state index contributed by atoms with van der Waals surface area (Å²) in [6, 6.07) is 5.25. The van der Waals surface area contributed by atoms with Crippen LogP contribution in [0, 0.1) is 31.1 Å². The molecule has 170 valence electrons. The summed E-state index contributed by atoms with van der Waals surface area (Å²) in [6.07, 6.45) is 5.63. The lowest BCUT2D eigenvalue weighted by Gasteiger charge is -2.17. The lowest BCUT2D eigenvalue weighted by atomic mass is 10.1. The Hall–Kier alpha value is -3.81. The Morgan fingerprint density at radius 1 is 1.27 bits per heavy atom. The molecule has 3 heterocycles. The van der Waals surface area contributed by atoms with Gasteiger partial charge in [0, 0.05) is 50.1 Å². The Morgan fingerprint density at radius 3 is 2.73 bits per heavy atom. The van der Waals surface area contributed by atoms with Crippen molar-refractivity contribution in [2.45, 2.75) is 20.3 Å². The maximum atomic E-state index is 13.0. The fourth-order valence-corrected chi connectivity index (χ4v) is 4.75. The summed E-state index contributed by atoms with van der Waals surface area (Å²) in [5.41, 5.74) is 3.08. The van der Waals surface area contributed by atoms with Gasteiger partial charge in [0.1, 0.15) is 17.1 Å². The second-order valence-corrected chi connectivity index (χ2v) is 8.74. The van der Waals surface area contributed by atoms with Crippen molar-refractivity contribution in [1.82, 2.24) is 15.2 Å². The van der Waals surface area contributed by atoms with Gasteiger partial charge in [-0.15, -0.1) is 0 Å². The summed E-state index contributed by atoms with van der Waals surface area (Å²) >= 11 is 0. The fourth-order valence-electron chi connectivity index (χ4n) is 4.75. The number of nitrogens with zero attached hydrogens (tertiary/aromatic N) is 1. The number of benzene rings is 1. The predicted octanol–water partition coefficient (Wildman–Crippen LogP) is 3.90. The molecule has 2 aromatic heterocycles. The third-order valence-corrected chi connectivity index (χ3v) is 6.64. The first-order chi connectivity index (χ1) is 15.9. The number of hydrogen-bond acceptors (Lipinski definition) is 5. The third-order valence-electron chi connectivity index (χ3n) is 6.64. The van der Waals surface area contributed by atoms with Crippen LogP contribution in [0.5, 0.6) is 5.75 Å². The van der Waals surface area contributed by atoms with Crippen LogP contribution in [0.2, 0.25) is 0 Å². The first-order valence-corrected chi connectivity index (χ1v) is 11.0. The van der Waals surface area contributed by atoms with E-state index in [0.29, 0.717) is 56.9 Å². The van der Waals surface area contributed by atoms with E-state index in [-0.39, 0.29) is 11.8 Å². The number of aromatic amines is 1. The van der Waals surface area contributed by atoms with Crippen LogP contribution in [-0.4, -0.2) is 48.1 Å². The van der Waals surface area contributed by atoms with E-state index in [1.54, 1.807) is 38.4 Å². The molecule has 1 aliphatic carbocycles. The highest BCUT2D eigenvalue weighted by molar-refractivity contribution is 6.07. The maximum absolute atomic E-state index is 13.0. The van der Waals surface area contributed by atoms with Crippen molar-refractivity contribution in [3.05, 3.63) is 58.6 Å². The van der Waals surface area contributed by atoms with Gasteiger partial charge in [-0.2, -0.15) is 0 Å². The van der Waals surface area contributed by atoms with E-state index in [1.165, 1.54) is 12.5 Å². The number of rotatable bonds is 6. The zero-order valence-electron chi connectivity index (χ0n) is 18.8. The smallest absolute Gasteiger partial charge is 0.255 e. The van der Waals surface area contributed by atoms with Crippen LogP contribution in [0.15, 0.2) is 34.9 Å². The minimum absolute atomic E-state index is 0.0330. The second-order valence-electron chi connectivity index (χ2n) is 8.74. The summed E-state index contributed by atoms with van der Waals surface area (Å²) in [5, 5.41) is 10.9. The van der Waals surface area contributed by atoms with Crippen LogP contribution in [0.1, 0.15) is 44.2 Å². The SMILES string of the molecule is CNC(=O)c1c(C)oc2cc(O/C(=C/C=N)c3[nH]cc(C(=O)N4CC5CC5C4)c3C)ccc12. The van der Waals surface area contributed by atoms with Gasteiger partial charge in [0.25, 0.3) is 11.8 Å². The second kappa shape index (κ2) is 7.95. The number of piperidine rings is 1. The van der Waals surface area contributed by atoms with E-state index in [0.717, 1.165) is 24.9 Å². The van der Waals surface area contributed by atoms with Crippen molar-refractivity contribution in [1.29, 1.82) is 5.41 Å². The molecule has 2 amide bonds. The molecule has 2 unspecified atom stereocenters. The molecule has 8 nitrogen and oxygen atoms in total. The molecule has 0 bridgehead atoms. The summed E-state index contributed by atoms with van der Waals surface area (Å²) in [5.74, 6) is 2.61. The average Bonchev–Trinajstić information content (AvgIpc) is 3.11. The molecule has 5 rings (SSSR count). The Bertz CT molecular complexity index is 1310. The zero-order chi connectivity index (χ0) is 23.3. The van der Waals surface area contributed by atoms with Gasteiger partial charge in [0.2, 0.25) is 0 Å². The normalized spacial score (nSPS) is 19.5. The fraction of sp³-hybridized carbons (Fsp3) is 0.320. The van der Waals surface area contributed by atoms with Gasteiger partial charge in [-0.25, -0.2) is 0 Å². The number of likely N-dealkylation sites (tertiary alicyclic amines) is 1. The first kappa shape index (κ1) is 21.1. The highest BCUT2D eigenvalue weighted by Gasteiger charge is 2.46. The van der Waals surface area contributed by atoms with Gasteiger partial charge < -0.3 is 29.8 Å². The van der Waals surface area contributed by atoms with Gasteiger partial charge in [0.15, 0.2) is 5.76 Å². The number of aromatic nitrogens is 1. The molecular weight excluding hydrogens is 420 g/mol. The van der Waals surface area contributed by atoms with Gasteiger partial charge in [-0.1, -0.05) is 0 Å². The lowest BCUT2D eigenvalue weighted by molar-refractivity contribution is 0.0774. The van der Waals surface area contributed by atoms with Gasteiger partial charge in [0.05, 0.1) is 16.8 Å². The van der Waals surface area contributed by atoms with Crippen molar-refractivity contribution in [3.63, 3.8) is 0 Å². The lowest BCUT2D eigenvalue weighted by Crippen LogP contribution is -2.30. The molecule has 0 spiro atoms. The largest absolute Gasteiger partial charge is 0.460 e. The molecule has 1 aromatic carbocycles. The number of nitrogens with one attached hydrogen (secondary N) is 3. The number of furan rings is 1. The standard InChI is InChI=1S/C25H26N4O4/c1-13-19(25(31)29-11-15-8-16(15)12-29)10-28-23(13)20(6-7-26)33-17-4-5-18-21(9-17)32-14(2)22(18)24(30)27-3/h4-7,9-10,15-16,26,28H,8,11-12H2,1-3H3,(H,27,30)/b20-6+,26-7?. The van der Waals surface area contributed by atoms with E-state index < -0.39 is 0 Å². The Morgan fingerprint density at radius 2 is 2.03 bits per heavy atom. The first-order valence-electron chi connectivity index (χ1n) is 11.0. The highest BCUT2D eigenvalue weighted by Crippen LogP contribution is 2.45. The molecule has 3 aromatic rings. The molecule has 1 saturated carbocycles. The minimum atomic E-state index is -0.209. The topological polar surface area (TPSA) is 111 Å². The van der Waals surface area contributed by atoms with Crippen molar-refractivity contribution >= 4 is 34.8 Å². The van der Waals surface area contributed by atoms with Crippen molar-refractivity contribution < 1.29 is 18.7 Å². The number of hydrogen-bond donors (Lipinski definition) is 3. The maximum Gasteiger partial charge on any atom is 0.255 e. The van der Waals surface area contributed by atoms with Crippen LogP contribution < -0.4 is 10.1 Å². The monoisotopic (exact) mass is 446 g/mol. The van der Waals surface area contributed by atoms with Crippen LogP contribution in [0.4, 0.5) is 0 Å². The van der Waals surface area contributed by atoms with Gasteiger partial charge >= 0.3 is 0 Å². The number of ether oxygens (including phenoxy) is 1. The minimum Gasteiger partial charge on any atom is -0.460 e. The molecular formula is C25H26N4O4. The summed E-state index contributed by atoms with van der Waals surface area (Å²) in [4.78, 5) is 30.3. The summed E-state index contributed by atoms with van der Waals surface area (Å²) in [7, 11) is 1.58. The quantitative estimate of drug-likeness (QED) is 0.394. The predicted molar refractivity (Wildman–Crippen MR) is 125 cm³/mol.